The molecule has 6 nitrogen and oxygen atoms in total. The van der Waals surface area contributed by atoms with Crippen LogP contribution in [0.25, 0.3) is 11.1 Å². The molecule has 0 aromatic heterocycles. The standard InChI is InChI=1S/C26H25F3N2O4S/c1-33-22-13-4-17(16-23(22)34-2)14-15-30-25(32)24(31-36-3)20-7-5-18(6-8-20)19-9-11-21(12-10-19)35-26(27,28)29/h4-13,16H,14-15H2,1-3H3,(H,30,32). The number of halogens is 3. The van der Waals surface area contributed by atoms with Crippen molar-refractivity contribution >= 4 is 23.6 Å². The molecule has 0 bridgehead atoms. The Bertz CT molecular complexity index is 1200. The van der Waals surface area contributed by atoms with E-state index in [9.17, 15) is 18.0 Å². The summed E-state index contributed by atoms with van der Waals surface area (Å²) in [5.41, 5.74) is 3.35. The summed E-state index contributed by atoms with van der Waals surface area (Å²) in [6.07, 6.45) is -2.39. The Hall–Kier alpha value is -3.66. The zero-order valence-electron chi connectivity index (χ0n) is 19.9. The fourth-order valence-corrected chi connectivity index (χ4v) is 3.80. The molecule has 0 unspecified atom stereocenters. The van der Waals surface area contributed by atoms with E-state index in [2.05, 4.69) is 14.5 Å². The lowest BCUT2D eigenvalue weighted by molar-refractivity contribution is -0.274. The van der Waals surface area contributed by atoms with E-state index in [1.165, 1.54) is 36.2 Å². The Morgan fingerprint density at radius 2 is 1.53 bits per heavy atom. The lowest BCUT2D eigenvalue weighted by Gasteiger charge is -2.11. The average Bonchev–Trinajstić information content (AvgIpc) is 2.86. The van der Waals surface area contributed by atoms with Crippen molar-refractivity contribution in [2.45, 2.75) is 12.8 Å². The van der Waals surface area contributed by atoms with Crippen LogP contribution in [0.15, 0.2) is 71.1 Å². The number of rotatable bonds is 10. The lowest BCUT2D eigenvalue weighted by atomic mass is 10.0. The topological polar surface area (TPSA) is 69.2 Å². The molecule has 0 aliphatic carbocycles. The fourth-order valence-electron chi connectivity index (χ4n) is 3.43. The van der Waals surface area contributed by atoms with Crippen molar-refractivity contribution in [2.75, 3.05) is 27.0 Å². The number of nitrogens with one attached hydrogen (secondary N) is 1. The molecule has 0 saturated carbocycles. The monoisotopic (exact) mass is 518 g/mol. The summed E-state index contributed by atoms with van der Waals surface area (Å²) in [4.78, 5) is 12.8. The number of hydrogen-bond acceptors (Lipinski definition) is 6. The predicted molar refractivity (Wildman–Crippen MR) is 135 cm³/mol. The van der Waals surface area contributed by atoms with Crippen LogP contribution < -0.4 is 19.5 Å². The van der Waals surface area contributed by atoms with Crippen molar-refractivity contribution < 1.29 is 32.2 Å². The Morgan fingerprint density at radius 1 is 0.917 bits per heavy atom. The number of alkyl halides is 3. The maximum atomic E-state index is 12.8. The zero-order chi connectivity index (χ0) is 26.1. The second kappa shape index (κ2) is 12.3. The summed E-state index contributed by atoms with van der Waals surface area (Å²) in [5.74, 6) is 0.649. The Morgan fingerprint density at radius 3 is 2.08 bits per heavy atom. The Labute approximate surface area is 211 Å². The Kier molecular flexibility index (Phi) is 9.24. The molecule has 0 fully saturated rings. The molecule has 3 rings (SSSR count). The molecule has 3 aromatic rings. The van der Waals surface area contributed by atoms with Gasteiger partial charge in [-0.1, -0.05) is 42.5 Å². The SMILES string of the molecule is COc1ccc(CCNC(=O)C(=NSC)c2ccc(-c3ccc(OC(F)(F)F)cc3)cc2)cc1OC. The highest BCUT2D eigenvalue weighted by molar-refractivity contribution is 7.97. The molecule has 0 spiro atoms. The highest BCUT2D eigenvalue weighted by Crippen LogP contribution is 2.28. The molecular formula is C26H25F3N2O4S. The predicted octanol–water partition coefficient (Wildman–Crippen LogP) is 5.70. The summed E-state index contributed by atoms with van der Waals surface area (Å²) in [6, 6.07) is 18.2. The van der Waals surface area contributed by atoms with E-state index in [1.54, 1.807) is 44.7 Å². The summed E-state index contributed by atoms with van der Waals surface area (Å²) in [5, 5.41) is 2.89. The van der Waals surface area contributed by atoms with Gasteiger partial charge in [0.05, 0.1) is 14.2 Å². The smallest absolute Gasteiger partial charge is 0.493 e. The maximum Gasteiger partial charge on any atom is 0.573 e. The van der Waals surface area contributed by atoms with E-state index in [-0.39, 0.29) is 17.4 Å². The van der Waals surface area contributed by atoms with Gasteiger partial charge in [-0.05, 0) is 59.3 Å². The highest BCUT2D eigenvalue weighted by Gasteiger charge is 2.31. The molecule has 0 heterocycles. The molecule has 0 radical (unpaired) electrons. The quantitative estimate of drug-likeness (QED) is 0.276. The van der Waals surface area contributed by atoms with E-state index >= 15 is 0 Å². The van der Waals surface area contributed by atoms with E-state index in [0.717, 1.165) is 11.1 Å². The number of nitrogens with zero attached hydrogens (tertiary/aromatic N) is 1. The third-order valence-electron chi connectivity index (χ3n) is 5.12. The number of hydrogen-bond donors (Lipinski definition) is 1. The maximum absolute atomic E-state index is 12.8. The largest absolute Gasteiger partial charge is 0.573 e. The van der Waals surface area contributed by atoms with Crippen LogP contribution in [0.2, 0.25) is 0 Å². The van der Waals surface area contributed by atoms with E-state index in [4.69, 9.17) is 9.47 Å². The average molecular weight is 519 g/mol. The summed E-state index contributed by atoms with van der Waals surface area (Å²) in [6.45, 7) is 0.395. The second-order valence-corrected chi connectivity index (χ2v) is 8.01. The molecule has 1 N–H and O–H groups in total. The van der Waals surface area contributed by atoms with Gasteiger partial charge in [-0.3, -0.25) is 4.79 Å². The van der Waals surface area contributed by atoms with Crippen molar-refractivity contribution in [3.8, 4) is 28.4 Å². The first-order valence-corrected chi connectivity index (χ1v) is 12.0. The van der Waals surface area contributed by atoms with Crippen molar-refractivity contribution in [3.63, 3.8) is 0 Å². The minimum atomic E-state index is -4.74. The molecule has 36 heavy (non-hydrogen) atoms. The van der Waals surface area contributed by atoms with Crippen LogP contribution in [0.1, 0.15) is 11.1 Å². The van der Waals surface area contributed by atoms with Crippen molar-refractivity contribution in [2.24, 2.45) is 4.40 Å². The third-order valence-corrected chi connectivity index (χ3v) is 5.49. The first-order chi connectivity index (χ1) is 17.2. The highest BCUT2D eigenvalue weighted by atomic mass is 32.2. The zero-order valence-corrected chi connectivity index (χ0v) is 20.7. The molecular weight excluding hydrogens is 493 g/mol. The fraction of sp³-hybridized carbons (Fsp3) is 0.231. The first-order valence-electron chi connectivity index (χ1n) is 10.8. The van der Waals surface area contributed by atoms with Crippen molar-refractivity contribution in [1.82, 2.24) is 5.32 Å². The molecule has 0 saturated heterocycles. The van der Waals surface area contributed by atoms with Crippen LogP contribution in [0, 0.1) is 0 Å². The van der Waals surface area contributed by atoms with Crippen LogP contribution in [-0.2, 0) is 11.2 Å². The van der Waals surface area contributed by atoms with E-state index in [0.29, 0.717) is 35.6 Å². The van der Waals surface area contributed by atoms with E-state index < -0.39 is 6.36 Å². The van der Waals surface area contributed by atoms with Gasteiger partial charge < -0.3 is 19.5 Å². The summed E-state index contributed by atoms with van der Waals surface area (Å²) in [7, 11) is 3.14. The van der Waals surface area contributed by atoms with Crippen LogP contribution in [0.4, 0.5) is 13.2 Å². The minimum absolute atomic E-state index is 0.273. The number of carbonyl (C=O) groups excluding carboxylic acids is 1. The number of ether oxygens (including phenoxy) is 3. The van der Waals surface area contributed by atoms with Gasteiger partial charge >= 0.3 is 6.36 Å². The number of carbonyl (C=O) groups is 1. The lowest BCUT2D eigenvalue weighted by Crippen LogP contribution is -2.33. The van der Waals surface area contributed by atoms with Gasteiger partial charge in [-0.2, -0.15) is 0 Å². The van der Waals surface area contributed by atoms with Gasteiger partial charge in [0.15, 0.2) is 11.5 Å². The van der Waals surface area contributed by atoms with Gasteiger partial charge in [0.1, 0.15) is 11.5 Å². The normalized spacial score (nSPS) is 11.7. The van der Waals surface area contributed by atoms with Gasteiger partial charge in [0.2, 0.25) is 0 Å². The number of amides is 1. The number of methoxy groups -OCH3 is 2. The van der Waals surface area contributed by atoms with Gasteiger partial charge in [0.25, 0.3) is 5.91 Å². The molecule has 1 amide bonds. The minimum Gasteiger partial charge on any atom is -0.493 e. The van der Waals surface area contributed by atoms with Crippen LogP contribution >= 0.6 is 11.9 Å². The number of benzene rings is 3. The second-order valence-electron chi connectivity index (χ2n) is 7.47. The molecule has 0 aliphatic rings. The third kappa shape index (κ3) is 7.42. The molecule has 10 heteroatoms. The van der Waals surface area contributed by atoms with Crippen LogP contribution in [0.5, 0.6) is 17.2 Å². The molecule has 190 valence electrons. The van der Waals surface area contributed by atoms with Gasteiger partial charge in [-0.15, -0.1) is 13.2 Å². The summed E-state index contributed by atoms with van der Waals surface area (Å²) < 4.78 is 55.8. The molecule has 0 aliphatic heterocycles. The van der Waals surface area contributed by atoms with Crippen LogP contribution in [0.3, 0.4) is 0 Å². The van der Waals surface area contributed by atoms with E-state index in [1.807, 2.05) is 18.2 Å². The van der Waals surface area contributed by atoms with Gasteiger partial charge in [0, 0.05) is 18.4 Å². The molecule has 0 atom stereocenters. The first kappa shape index (κ1) is 26.9. The van der Waals surface area contributed by atoms with Gasteiger partial charge in [-0.25, -0.2) is 4.40 Å². The van der Waals surface area contributed by atoms with Crippen molar-refractivity contribution in [1.29, 1.82) is 0 Å². The summed E-state index contributed by atoms with van der Waals surface area (Å²) >= 11 is 1.17. The molecule has 3 aromatic carbocycles. The van der Waals surface area contributed by atoms with Crippen molar-refractivity contribution in [3.05, 3.63) is 77.9 Å². The Balaban J connectivity index is 1.65. The van der Waals surface area contributed by atoms with Crippen LogP contribution in [-0.4, -0.2) is 45.0 Å².